The van der Waals surface area contributed by atoms with Gasteiger partial charge in [-0.15, -0.1) is 0 Å². The highest BCUT2D eigenvalue weighted by Gasteiger charge is 2.13. The molecule has 1 heterocycles. The summed E-state index contributed by atoms with van der Waals surface area (Å²) in [6.45, 7) is 9.87. The second kappa shape index (κ2) is 6.75. The first kappa shape index (κ1) is 16.9. The Morgan fingerprint density at radius 1 is 1.13 bits per heavy atom. The van der Waals surface area contributed by atoms with E-state index < -0.39 is 0 Å². The van der Waals surface area contributed by atoms with Crippen molar-refractivity contribution in [1.82, 2.24) is 4.98 Å². The molecule has 3 heteroatoms. The maximum Gasteiger partial charge on any atom is 0.143 e. The van der Waals surface area contributed by atoms with Crippen molar-refractivity contribution >= 4 is 5.78 Å². The van der Waals surface area contributed by atoms with Crippen LogP contribution in [0.1, 0.15) is 41.8 Å². The number of benzene rings is 1. The van der Waals surface area contributed by atoms with E-state index >= 15 is 0 Å². The van der Waals surface area contributed by atoms with Gasteiger partial charge in [0.25, 0.3) is 0 Å². The van der Waals surface area contributed by atoms with Gasteiger partial charge in [-0.2, -0.15) is 5.26 Å². The summed E-state index contributed by atoms with van der Waals surface area (Å²) < 4.78 is 0. The molecule has 0 saturated heterocycles. The monoisotopic (exact) mass is 306 g/mol. The molecule has 1 aromatic heterocycles. The fourth-order valence-corrected chi connectivity index (χ4v) is 2.84. The number of aromatic nitrogens is 1. The molecular weight excluding hydrogens is 284 g/mol. The SMILES string of the molecule is Cc1cc(-c2c(C)cc(CC(=O)C(C)C)cc2C)cnc1C#N. The van der Waals surface area contributed by atoms with Gasteiger partial charge in [-0.05, 0) is 54.7 Å². The summed E-state index contributed by atoms with van der Waals surface area (Å²) in [4.78, 5) is 16.2. The van der Waals surface area contributed by atoms with Gasteiger partial charge in [0.1, 0.15) is 17.5 Å². The lowest BCUT2D eigenvalue weighted by Gasteiger charge is -2.14. The Morgan fingerprint density at radius 3 is 2.22 bits per heavy atom. The number of nitrogens with zero attached hydrogens (tertiary/aromatic N) is 2. The molecule has 118 valence electrons. The average Bonchev–Trinajstić information content (AvgIpc) is 2.46. The van der Waals surface area contributed by atoms with Crippen molar-refractivity contribution < 1.29 is 4.79 Å². The first-order valence-corrected chi connectivity index (χ1v) is 7.83. The van der Waals surface area contributed by atoms with Crippen molar-refractivity contribution in [3.05, 3.63) is 52.3 Å². The Morgan fingerprint density at radius 2 is 1.74 bits per heavy atom. The van der Waals surface area contributed by atoms with E-state index in [-0.39, 0.29) is 11.7 Å². The largest absolute Gasteiger partial charge is 0.299 e. The van der Waals surface area contributed by atoms with Crippen molar-refractivity contribution in [2.75, 3.05) is 0 Å². The van der Waals surface area contributed by atoms with E-state index in [9.17, 15) is 4.79 Å². The van der Waals surface area contributed by atoms with Crippen LogP contribution in [0.2, 0.25) is 0 Å². The number of hydrogen-bond donors (Lipinski definition) is 0. The number of nitriles is 1. The van der Waals surface area contributed by atoms with Crippen molar-refractivity contribution in [2.45, 2.75) is 41.0 Å². The van der Waals surface area contributed by atoms with Gasteiger partial charge in [-0.3, -0.25) is 4.79 Å². The van der Waals surface area contributed by atoms with Gasteiger partial charge in [-0.25, -0.2) is 4.98 Å². The molecule has 0 atom stereocenters. The fourth-order valence-electron chi connectivity index (χ4n) is 2.84. The molecule has 23 heavy (non-hydrogen) atoms. The number of aryl methyl sites for hydroxylation is 3. The highest BCUT2D eigenvalue weighted by molar-refractivity contribution is 5.83. The third-order valence-electron chi connectivity index (χ3n) is 4.09. The molecule has 0 N–H and O–H groups in total. The minimum absolute atomic E-state index is 0.0562. The average molecular weight is 306 g/mol. The van der Waals surface area contributed by atoms with Crippen LogP contribution in [0.25, 0.3) is 11.1 Å². The Balaban J connectivity index is 2.44. The first-order chi connectivity index (χ1) is 10.8. The van der Waals surface area contributed by atoms with E-state index in [1.165, 1.54) is 0 Å². The van der Waals surface area contributed by atoms with Crippen LogP contribution >= 0.6 is 0 Å². The zero-order valence-electron chi connectivity index (χ0n) is 14.4. The molecule has 0 bridgehead atoms. The summed E-state index contributed by atoms with van der Waals surface area (Å²) >= 11 is 0. The summed E-state index contributed by atoms with van der Waals surface area (Å²) in [5.41, 5.74) is 6.79. The minimum Gasteiger partial charge on any atom is -0.299 e. The molecule has 0 fully saturated rings. The predicted octanol–water partition coefficient (Wildman–Crippen LogP) is 4.31. The van der Waals surface area contributed by atoms with Crippen LogP contribution < -0.4 is 0 Å². The first-order valence-electron chi connectivity index (χ1n) is 7.83. The lowest BCUT2D eigenvalue weighted by Crippen LogP contribution is -2.10. The molecule has 0 saturated carbocycles. The van der Waals surface area contributed by atoms with E-state index in [1.54, 1.807) is 6.20 Å². The Labute approximate surface area is 138 Å². The van der Waals surface area contributed by atoms with Crippen molar-refractivity contribution in [3.63, 3.8) is 0 Å². The fraction of sp³-hybridized carbons (Fsp3) is 0.350. The van der Waals surface area contributed by atoms with E-state index in [0.717, 1.165) is 33.4 Å². The molecule has 0 unspecified atom stereocenters. The van der Waals surface area contributed by atoms with E-state index in [2.05, 4.69) is 37.0 Å². The third-order valence-corrected chi connectivity index (χ3v) is 4.09. The second-order valence-electron chi connectivity index (χ2n) is 6.40. The normalized spacial score (nSPS) is 10.7. The number of ketones is 1. The lowest BCUT2D eigenvalue weighted by molar-refractivity contribution is -0.121. The Hall–Kier alpha value is -2.47. The van der Waals surface area contributed by atoms with Gasteiger partial charge in [0.15, 0.2) is 0 Å². The molecule has 0 radical (unpaired) electrons. The molecule has 0 aliphatic carbocycles. The molecule has 0 spiro atoms. The maximum atomic E-state index is 12.0. The second-order valence-corrected chi connectivity index (χ2v) is 6.40. The van der Waals surface area contributed by atoms with E-state index in [1.807, 2.05) is 26.8 Å². The van der Waals surface area contributed by atoms with Crippen LogP contribution in [0.3, 0.4) is 0 Å². The molecule has 3 nitrogen and oxygen atoms in total. The molecule has 2 rings (SSSR count). The van der Waals surface area contributed by atoms with Crippen LogP contribution in [-0.2, 0) is 11.2 Å². The van der Waals surface area contributed by atoms with Gasteiger partial charge in [0.05, 0.1) is 0 Å². The number of pyridine rings is 1. The minimum atomic E-state index is 0.0562. The molecule has 0 aliphatic heterocycles. The summed E-state index contributed by atoms with van der Waals surface area (Å²) in [5.74, 6) is 0.313. The van der Waals surface area contributed by atoms with Gasteiger partial charge >= 0.3 is 0 Å². The van der Waals surface area contributed by atoms with Crippen LogP contribution in [0.5, 0.6) is 0 Å². The molecule has 0 aliphatic rings. The molecular formula is C20H22N2O. The molecule has 0 amide bonds. The third kappa shape index (κ3) is 3.65. The number of rotatable bonds is 4. The van der Waals surface area contributed by atoms with E-state index in [4.69, 9.17) is 5.26 Å². The standard InChI is InChI=1S/C20H22N2O/c1-12(2)19(23)9-16-6-14(4)20(15(5)7-16)17-8-13(3)18(10-21)22-11-17/h6-8,11-12H,9H2,1-5H3. The number of carbonyl (C=O) groups excluding carboxylic acids is 1. The number of carbonyl (C=O) groups is 1. The molecule has 2 aromatic rings. The van der Waals surface area contributed by atoms with Crippen LogP contribution in [-0.4, -0.2) is 10.8 Å². The summed E-state index contributed by atoms with van der Waals surface area (Å²) in [6.07, 6.45) is 2.23. The Bertz CT molecular complexity index is 775. The predicted molar refractivity (Wildman–Crippen MR) is 92.1 cm³/mol. The summed E-state index contributed by atoms with van der Waals surface area (Å²) in [5, 5.41) is 9.01. The van der Waals surface area contributed by atoms with Gasteiger partial charge in [0, 0.05) is 24.1 Å². The highest BCUT2D eigenvalue weighted by atomic mass is 16.1. The maximum absolute atomic E-state index is 12.0. The van der Waals surface area contributed by atoms with Crippen molar-refractivity contribution in [3.8, 4) is 17.2 Å². The topological polar surface area (TPSA) is 53.8 Å². The van der Waals surface area contributed by atoms with Crippen LogP contribution in [0.4, 0.5) is 0 Å². The molecule has 1 aromatic carbocycles. The quantitative estimate of drug-likeness (QED) is 0.845. The number of hydrogen-bond acceptors (Lipinski definition) is 3. The van der Waals surface area contributed by atoms with Gasteiger partial charge in [-0.1, -0.05) is 26.0 Å². The number of Topliss-reactive ketones (excluding diaryl/α,β-unsaturated/α-hetero) is 1. The van der Waals surface area contributed by atoms with Gasteiger partial charge < -0.3 is 0 Å². The van der Waals surface area contributed by atoms with Crippen molar-refractivity contribution in [1.29, 1.82) is 5.26 Å². The summed E-state index contributed by atoms with van der Waals surface area (Å²) in [7, 11) is 0. The lowest BCUT2D eigenvalue weighted by atomic mass is 9.91. The zero-order chi connectivity index (χ0) is 17.1. The smallest absolute Gasteiger partial charge is 0.143 e. The van der Waals surface area contributed by atoms with Crippen LogP contribution in [0, 0.1) is 38.0 Å². The van der Waals surface area contributed by atoms with Crippen LogP contribution in [0.15, 0.2) is 24.4 Å². The van der Waals surface area contributed by atoms with Crippen molar-refractivity contribution in [2.24, 2.45) is 5.92 Å². The summed E-state index contributed by atoms with van der Waals surface area (Å²) in [6, 6.07) is 8.25. The Kier molecular flexibility index (Phi) is 4.95. The highest BCUT2D eigenvalue weighted by Crippen LogP contribution is 2.29. The van der Waals surface area contributed by atoms with Gasteiger partial charge in [0.2, 0.25) is 0 Å². The van der Waals surface area contributed by atoms with E-state index in [0.29, 0.717) is 12.1 Å². The zero-order valence-corrected chi connectivity index (χ0v) is 14.4.